The van der Waals surface area contributed by atoms with E-state index in [1.54, 1.807) is 0 Å². The molecule has 1 saturated heterocycles. The summed E-state index contributed by atoms with van der Waals surface area (Å²) in [6, 6.07) is 5.11. The highest BCUT2D eigenvalue weighted by Crippen LogP contribution is 2.34. The Morgan fingerprint density at radius 1 is 1.17 bits per heavy atom. The summed E-state index contributed by atoms with van der Waals surface area (Å²) in [6.07, 6.45) is 2.45. The Morgan fingerprint density at radius 3 is 2.26 bits per heavy atom. The van der Waals surface area contributed by atoms with E-state index in [1.165, 1.54) is 34.7 Å². The largest absolute Gasteiger partial charge is 0.403 e. The third-order valence-corrected chi connectivity index (χ3v) is 10.4. The van der Waals surface area contributed by atoms with Crippen LogP contribution in [0.15, 0.2) is 12.1 Å². The summed E-state index contributed by atoms with van der Waals surface area (Å²) in [4.78, 5) is 0. The van der Waals surface area contributed by atoms with Crippen molar-refractivity contribution in [2.75, 3.05) is 27.4 Å². The van der Waals surface area contributed by atoms with Crippen molar-refractivity contribution >= 4 is 13.7 Å². The number of ether oxygens (including phenoxy) is 1. The van der Waals surface area contributed by atoms with Crippen LogP contribution in [0, 0.1) is 20.8 Å². The third kappa shape index (κ3) is 3.27. The van der Waals surface area contributed by atoms with Crippen molar-refractivity contribution in [3.8, 4) is 0 Å². The predicted molar refractivity (Wildman–Crippen MR) is 99.8 cm³/mol. The molecule has 1 aliphatic rings. The maximum atomic E-state index is 6.46. The number of methoxy groups -OCH3 is 1. The molecule has 3 nitrogen and oxygen atoms in total. The van der Waals surface area contributed by atoms with Gasteiger partial charge in [0.2, 0.25) is 0 Å². The summed E-state index contributed by atoms with van der Waals surface area (Å²) < 4.78 is 14.7. The monoisotopic (exact) mass is 335 g/mol. The normalized spacial score (nSPS) is 21.8. The van der Waals surface area contributed by atoms with Crippen molar-refractivity contribution in [2.24, 2.45) is 0 Å². The molecule has 130 valence electrons. The molecule has 0 bridgehead atoms. The topological polar surface area (TPSA) is 21.7 Å². The van der Waals surface area contributed by atoms with Crippen LogP contribution in [0.2, 0.25) is 5.54 Å². The molecule has 0 aromatic heterocycles. The fourth-order valence-electron chi connectivity index (χ4n) is 4.60. The van der Waals surface area contributed by atoms with Gasteiger partial charge >= 0.3 is 8.48 Å². The molecule has 1 aromatic rings. The summed E-state index contributed by atoms with van der Waals surface area (Å²) in [5, 5.41) is 1.48. The van der Waals surface area contributed by atoms with E-state index < -0.39 is 8.48 Å². The minimum absolute atomic E-state index is 0.481. The molecule has 1 aliphatic heterocycles. The molecule has 23 heavy (non-hydrogen) atoms. The predicted octanol–water partition coefficient (Wildman–Crippen LogP) is 3.43. The molecule has 0 amide bonds. The van der Waals surface area contributed by atoms with Gasteiger partial charge in [0, 0.05) is 20.3 Å². The van der Waals surface area contributed by atoms with Crippen LogP contribution in [0.1, 0.15) is 43.4 Å². The second kappa shape index (κ2) is 7.47. The zero-order chi connectivity index (χ0) is 17.2. The molecule has 2 atom stereocenters. The zero-order valence-electron chi connectivity index (χ0n) is 15.9. The molecule has 0 saturated carbocycles. The summed E-state index contributed by atoms with van der Waals surface area (Å²) in [7, 11) is 1.48. The van der Waals surface area contributed by atoms with Gasteiger partial charge in [0.15, 0.2) is 0 Å². The van der Waals surface area contributed by atoms with Gasteiger partial charge in [0.25, 0.3) is 0 Å². The van der Waals surface area contributed by atoms with Crippen LogP contribution in [-0.4, -0.2) is 46.5 Å². The van der Waals surface area contributed by atoms with Crippen molar-refractivity contribution in [3.63, 3.8) is 0 Å². The molecule has 0 spiro atoms. The number of benzene rings is 1. The average molecular weight is 336 g/mol. The van der Waals surface area contributed by atoms with E-state index in [2.05, 4.69) is 51.3 Å². The lowest BCUT2D eigenvalue weighted by Crippen LogP contribution is -2.69. The van der Waals surface area contributed by atoms with Gasteiger partial charge < -0.3 is 9.16 Å². The van der Waals surface area contributed by atoms with Gasteiger partial charge in [-0.25, -0.2) is 0 Å². The van der Waals surface area contributed by atoms with Crippen LogP contribution in [0.5, 0.6) is 0 Å². The standard InChI is InChI=1S/C19H33NO2Si/c1-14(2)23(22-7,20-10-8-9-18(20)13-21-6)19-16(4)11-15(3)12-17(19)5/h11-12,14,18H,8-10,13H2,1-7H3/t18-,23?/m0/s1. The van der Waals surface area contributed by atoms with Crippen molar-refractivity contribution in [1.82, 2.24) is 4.57 Å². The van der Waals surface area contributed by atoms with Gasteiger partial charge in [-0.3, -0.25) is 4.57 Å². The fraction of sp³-hybridized carbons (Fsp3) is 0.684. The van der Waals surface area contributed by atoms with E-state index in [1.807, 2.05) is 14.2 Å². The van der Waals surface area contributed by atoms with Crippen LogP contribution in [-0.2, 0) is 9.16 Å². The van der Waals surface area contributed by atoms with E-state index in [4.69, 9.17) is 9.16 Å². The zero-order valence-corrected chi connectivity index (χ0v) is 16.9. The number of hydrogen-bond donors (Lipinski definition) is 0. The van der Waals surface area contributed by atoms with Gasteiger partial charge in [-0.05, 0) is 62.0 Å². The average Bonchev–Trinajstić information content (AvgIpc) is 2.91. The minimum Gasteiger partial charge on any atom is -0.403 e. The van der Waals surface area contributed by atoms with Gasteiger partial charge in [-0.1, -0.05) is 31.5 Å². The highest BCUT2D eigenvalue weighted by molar-refractivity contribution is 6.86. The first-order chi connectivity index (χ1) is 10.9. The van der Waals surface area contributed by atoms with Gasteiger partial charge in [0.1, 0.15) is 0 Å². The Kier molecular flexibility index (Phi) is 6.06. The lowest BCUT2D eigenvalue weighted by molar-refractivity contribution is 0.135. The third-order valence-electron chi connectivity index (χ3n) is 5.29. The molecule has 1 aromatic carbocycles. The number of nitrogens with zero attached hydrogens (tertiary/aromatic N) is 1. The van der Waals surface area contributed by atoms with Crippen LogP contribution in [0.4, 0.5) is 0 Å². The summed E-state index contributed by atoms with van der Waals surface area (Å²) >= 11 is 0. The van der Waals surface area contributed by atoms with E-state index in [-0.39, 0.29) is 0 Å². The fourth-order valence-corrected chi connectivity index (χ4v) is 9.55. The molecule has 4 heteroatoms. The first kappa shape index (κ1) is 18.7. The molecule has 1 heterocycles. The summed E-state index contributed by atoms with van der Waals surface area (Å²) in [5.74, 6) is 0. The molecule has 0 aliphatic carbocycles. The minimum atomic E-state index is -2.25. The van der Waals surface area contributed by atoms with E-state index in [0.29, 0.717) is 11.6 Å². The Labute approximate surface area is 143 Å². The molecule has 0 N–H and O–H groups in total. The molecule has 0 radical (unpaired) electrons. The Morgan fingerprint density at radius 2 is 1.78 bits per heavy atom. The van der Waals surface area contributed by atoms with E-state index >= 15 is 0 Å². The molecule has 1 fully saturated rings. The van der Waals surface area contributed by atoms with Gasteiger partial charge in [-0.2, -0.15) is 0 Å². The van der Waals surface area contributed by atoms with Crippen LogP contribution in [0.3, 0.4) is 0 Å². The van der Waals surface area contributed by atoms with Crippen LogP contribution < -0.4 is 5.19 Å². The summed E-state index contributed by atoms with van der Waals surface area (Å²) in [6.45, 7) is 13.3. The SMILES string of the molecule is COC[C@@H]1CCCN1[Si](OC)(c1c(C)cc(C)cc1C)C(C)C. The molecular weight excluding hydrogens is 302 g/mol. The van der Waals surface area contributed by atoms with Crippen LogP contribution >= 0.6 is 0 Å². The molecular formula is C19H33NO2Si. The lowest BCUT2D eigenvalue weighted by atomic mass is 10.1. The quantitative estimate of drug-likeness (QED) is 0.744. The second-order valence-corrected chi connectivity index (χ2v) is 11.3. The van der Waals surface area contributed by atoms with Crippen LogP contribution in [0.25, 0.3) is 0 Å². The van der Waals surface area contributed by atoms with Crippen molar-refractivity contribution in [2.45, 2.75) is 59.0 Å². The molecule has 1 unspecified atom stereocenters. The Bertz CT molecular complexity index is 523. The maximum Gasteiger partial charge on any atom is 0.308 e. The molecule has 2 rings (SSSR count). The van der Waals surface area contributed by atoms with E-state index in [9.17, 15) is 0 Å². The van der Waals surface area contributed by atoms with Gasteiger partial charge in [-0.15, -0.1) is 0 Å². The van der Waals surface area contributed by atoms with Crippen molar-refractivity contribution in [3.05, 3.63) is 28.8 Å². The van der Waals surface area contributed by atoms with Crippen molar-refractivity contribution in [1.29, 1.82) is 0 Å². The Hall–Kier alpha value is -0.683. The number of rotatable bonds is 6. The van der Waals surface area contributed by atoms with E-state index in [0.717, 1.165) is 13.2 Å². The first-order valence-corrected chi connectivity index (χ1v) is 10.7. The highest BCUT2D eigenvalue weighted by atomic mass is 28.4. The highest BCUT2D eigenvalue weighted by Gasteiger charge is 2.51. The smallest absolute Gasteiger partial charge is 0.308 e. The lowest BCUT2D eigenvalue weighted by Gasteiger charge is -2.45. The Balaban J connectivity index is 2.61. The van der Waals surface area contributed by atoms with Gasteiger partial charge in [0.05, 0.1) is 6.61 Å². The first-order valence-electron chi connectivity index (χ1n) is 8.77. The number of aryl methyl sites for hydroxylation is 3. The number of hydrogen-bond acceptors (Lipinski definition) is 3. The summed E-state index contributed by atoms with van der Waals surface area (Å²) in [5.41, 5.74) is 4.59. The second-order valence-electron chi connectivity index (χ2n) is 7.27. The van der Waals surface area contributed by atoms with Crippen molar-refractivity contribution < 1.29 is 9.16 Å². The maximum absolute atomic E-state index is 6.46.